The van der Waals surface area contributed by atoms with Gasteiger partial charge in [0.2, 0.25) is 0 Å². The summed E-state index contributed by atoms with van der Waals surface area (Å²) in [4.78, 5) is 34.2. The number of rotatable bonds is 7. The van der Waals surface area contributed by atoms with Crippen LogP contribution in [0.4, 0.5) is 0 Å². The van der Waals surface area contributed by atoms with E-state index in [0.29, 0.717) is 0 Å². The van der Waals surface area contributed by atoms with Gasteiger partial charge in [-0.25, -0.2) is 13.7 Å². The van der Waals surface area contributed by atoms with Crippen LogP contribution in [0.5, 0.6) is 0 Å². The Hall–Kier alpha value is 0.250. The molecule has 22 heavy (non-hydrogen) atoms. The Balaban J connectivity index is 2.97. The normalized spacial score (nSPS) is 30.7. The number of phosphoric acid groups is 3. The molecule has 0 radical (unpaired) electrons. The van der Waals surface area contributed by atoms with Crippen molar-refractivity contribution >= 4 is 23.5 Å². The molecule has 0 aromatic carbocycles. The minimum Gasteiger partial charge on any atom is -0.394 e. The zero-order chi connectivity index (χ0) is 17.3. The van der Waals surface area contributed by atoms with E-state index in [1.807, 2.05) is 0 Å². The van der Waals surface area contributed by atoms with Crippen LogP contribution in [0.25, 0.3) is 0 Å². The molecule has 1 aliphatic rings. The van der Waals surface area contributed by atoms with Crippen LogP contribution in [0.15, 0.2) is 0 Å². The summed E-state index contributed by atoms with van der Waals surface area (Å²) in [6, 6.07) is 0. The molecule has 1 fully saturated rings. The second-order valence-corrected chi connectivity index (χ2v) is 8.28. The maximum absolute atomic E-state index is 11.9. The van der Waals surface area contributed by atoms with E-state index in [9.17, 15) is 23.9 Å². The van der Waals surface area contributed by atoms with Crippen molar-refractivity contribution in [2.75, 3.05) is 6.61 Å². The molecule has 0 saturated carbocycles. The molecule has 0 aromatic heterocycles. The van der Waals surface area contributed by atoms with Gasteiger partial charge in [0.25, 0.3) is 0 Å². The van der Waals surface area contributed by atoms with Crippen LogP contribution in [0, 0.1) is 0 Å². The van der Waals surface area contributed by atoms with Gasteiger partial charge < -0.3 is 39.6 Å². The van der Waals surface area contributed by atoms with Gasteiger partial charge in [-0.3, -0.25) is 4.52 Å². The van der Waals surface area contributed by atoms with Crippen LogP contribution in [0.2, 0.25) is 0 Å². The Morgan fingerprint density at radius 1 is 0.909 bits per heavy atom. The molecule has 1 heterocycles. The molecule has 0 spiro atoms. The van der Waals surface area contributed by atoms with Gasteiger partial charge in [-0.05, 0) is 0 Å². The molecular weight excluding hydrogens is 377 g/mol. The van der Waals surface area contributed by atoms with Crippen molar-refractivity contribution in [3.8, 4) is 0 Å². The molecule has 14 nitrogen and oxygen atoms in total. The lowest BCUT2D eigenvalue weighted by Crippen LogP contribution is -2.34. The van der Waals surface area contributed by atoms with Gasteiger partial charge in [0.1, 0.15) is 18.3 Å². The molecule has 1 saturated heterocycles. The summed E-state index contributed by atoms with van der Waals surface area (Å²) in [6.07, 6.45) is -7.26. The molecule has 4 atom stereocenters. The highest BCUT2D eigenvalue weighted by molar-refractivity contribution is 7.66. The standard InChI is InChI=1S/C5H13O14P3/c6-1-2-3(7)4(8)5(16-2)17-22(15,18-20(9,10)11)19-21(12,13)14/h2-8H,1H2,(H2,9,10,11)(H2,12,13,14)/t2-,3-,4-,5?/m1/s1. The molecule has 0 aromatic rings. The molecular formula is C5H13O14P3. The van der Waals surface area contributed by atoms with Gasteiger partial charge in [-0.15, -0.1) is 0 Å². The monoisotopic (exact) mass is 390 g/mol. The predicted octanol–water partition coefficient (Wildman–Crippen LogP) is -2.23. The average molecular weight is 390 g/mol. The SMILES string of the molecule is O=P(O)(O)OP(=O)(OC1O[C@H](CO)[C@@H](O)[C@H]1O)OP(=O)(O)O. The van der Waals surface area contributed by atoms with Crippen molar-refractivity contribution < 1.29 is 66.5 Å². The first-order chi connectivity index (χ1) is 9.76. The molecule has 17 heteroatoms. The number of aliphatic hydroxyl groups is 3. The fourth-order valence-corrected chi connectivity index (χ4v) is 4.60. The first-order valence-corrected chi connectivity index (χ1v) is 9.73. The molecule has 7 N–H and O–H groups in total. The van der Waals surface area contributed by atoms with Crippen molar-refractivity contribution in [1.29, 1.82) is 0 Å². The summed E-state index contributed by atoms with van der Waals surface area (Å²) in [5, 5.41) is 27.7. The second-order valence-electron chi connectivity index (χ2n) is 3.90. The number of hydrogen-bond acceptors (Lipinski definition) is 10. The van der Waals surface area contributed by atoms with E-state index in [1.165, 1.54) is 0 Å². The van der Waals surface area contributed by atoms with Gasteiger partial charge >= 0.3 is 23.5 Å². The van der Waals surface area contributed by atoms with E-state index in [0.717, 1.165) is 0 Å². The van der Waals surface area contributed by atoms with Crippen LogP contribution in [-0.2, 0) is 31.6 Å². The maximum atomic E-state index is 11.9. The zero-order valence-electron chi connectivity index (χ0n) is 10.3. The molecule has 0 bridgehead atoms. The van der Waals surface area contributed by atoms with Crippen molar-refractivity contribution in [2.24, 2.45) is 0 Å². The zero-order valence-corrected chi connectivity index (χ0v) is 13.0. The lowest BCUT2D eigenvalue weighted by molar-refractivity contribution is -0.125. The quantitative estimate of drug-likeness (QED) is 0.228. The fourth-order valence-electron chi connectivity index (χ4n) is 1.39. The summed E-state index contributed by atoms with van der Waals surface area (Å²) in [5.74, 6) is 0. The Morgan fingerprint density at radius 3 is 1.68 bits per heavy atom. The van der Waals surface area contributed by atoms with Crippen LogP contribution in [-0.4, -0.2) is 66.1 Å². The first kappa shape index (κ1) is 20.3. The van der Waals surface area contributed by atoms with Crippen molar-refractivity contribution in [1.82, 2.24) is 0 Å². The van der Waals surface area contributed by atoms with Crippen molar-refractivity contribution in [2.45, 2.75) is 24.6 Å². The molecule has 0 amide bonds. The van der Waals surface area contributed by atoms with Crippen molar-refractivity contribution in [3.05, 3.63) is 0 Å². The van der Waals surface area contributed by atoms with Crippen LogP contribution < -0.4 is 0 Å². The predicted molar refractivity (Wildman–Crippen MR) is 62.7 cm³/mol. The van der Waals surface area contributed by atoms with Gasteiger partial charge in [-0.1, -0.05) is 0 Å². The summed E-state index contributed by atoms with van der Waals surface area (Å²) < 4.78 is 49.2. The van der Waals surface area contributed by atoms with Gasteiger partial charge in [0.05, 0.1) is 6.61 Å². The number of ether oxygens (including phenoxy) is 1. The van der Waals surface area contributed by atoms with Crippen molar-refractivity contribution in [3.63, 3.8) is 0 Å². The highest BCUT2D eigenvalue weighted by Crippen LogP contribution is 2.68. The second kappa shape index (κ2) is 7.01. The highest BCUT2D eigenvalue weighted by Gasteiger charge is 2.51. The van der Waals surface area contributed by atoms with Gasteiger partial charge in [-0.2, -0.15) is 8.62 Å². The largest absolute Gasteiger partial charge is 0.495 e. The average Bonchev–Trinajstić information content (AvgIpc) is 2.51. The van der Waals surface area contributed by atoms with E-state index >= 15 is 0 Å². The minimum atomic E-state index is -5.62. The maximum Gasteiger partial charge on any atom is 0.495 e. The van der Waals surface area contributed by atoms with Gasteiger partial charge in [0.15, 0.2) is 6.29 Å². The summed E-state index contributed by atoms with van der Waals surface area (Å²) in [7, 11) is -16.8. The van der Waals surface area contributed by atoms with E-state index < -0.39 is 54.7 Å². The molecule has 1 aliphatic heterocycles. The third-order valence-corrected chi connectivity index (χ3v) is 5.91. The third kappa shape index (κ3) is 6.04. The van der Waals surface area contributed by atoms with E-state index in [4.69, 9.17) is 24.7 Å². The van der Waals surface area contributed by atoms with Gasteiger partial charge in [0, 0.05) is 0 Å². The number of hydrogen-bond donors (Lipinski definition) is 7. The third-order valence-electron chi connectivity index (χ3n) is 2.14. The molecule has 0 aliphatic carbocycles. The summed E-state index contributed by atoms with van der Waals surface area (Å²) in [5.41, 5.74) is 0. The first-order valence-electron chi connectivity index (χ1n) is 5.21. The highest BCUT2D eigenvalue weighted by atomic mass is 31.3. The molecule has 1 rings (SSSR count). The smallest absolute Gasteiger partial charge is 0.394 e. The lowest BCUT2D eigenvalue weighted by atomic mass is 10.1. The van der Waals surface area contributed by atoms with E-state index in [1.54, 1.807) is 0 Å². The van der Waals surface area contributed by atoms with Crippen LogP contribution >= 0.6 is 23.5 Å². The van der Waals surface area contributed by atoms with Crippen LogP contribution in [0.1, 0.15) is 0 Å². The minimum absolute atomic E-state index is 0.818. The molecule has 1 unspecified atom stereocenters. The van der Waals surface area contributed by atoms with E-state index in [-0.39, 0.29) is 0 Å². The topological polar surface area (TPSA) is 230 Å². The van der Waals surface area contributed by atoms with E-state index in [2.05, 4.69) is 17.9 Å². The summed E-state index contributed by atoms with van der Waals surface area (Å²) in [6.45, 7) is -0.818. The molecule has 132 valence electrons. The number of aliphatic hydroxyl groups excluding tert-OH is 3. The summed E-state index contributed by atoms with van der Waals surface area (Å²) >= 11 is 0. The lowest BCUT2D eigenvalue weighted by Gasteiger charge is -2.22. The Morgan fingerprint density at radius 2 is 1.36 bits per heavy atom. The Kier molecular flexibility index (Phi) is 6.47. The Labute approximate surface area is 122 Å². The van der Waals surface area contributed by atoms with Crippen LogP contribution in [0.3, 0.4) is 0 Å². The Bertz CT molecular complexity index is 493. The fraction of sp³-hybridized carbons (Fsp3) is 1.00.